The van der Waals surface area contributed by atoms with Gasteiger partial charge in [0.2, 0.25) is 15.9 Å². The van der Waals surface area contributed by atoms with E-state index in [1.807, 2.05) is 24.3 Å². The number of hydrogen-bond acceptors (Lipinski definition) is 8. The summed E-state index contributed by atoms with van der Waals surface area (Å²) >= 11 is 9.08. The number of rotatable bonds is 8. The lowest BCUT2D eigenvalue weighted by Gasteiger charge is -2.26. The molecule has 3 aromatic rings. The van der Waals surface area contributed by atoms with Crippen LogP contribution >= 0.6 is 35.1 Å². The minimum Gasteiger partial charge on any atom is -0.411 e. The van der Waals surface area contributed by atoms with E-state index in [2.05, 4.69) is 10.2 Å². The molecule has 0 atom stereocenters. The van der Waals surface area contributed by atoms with Gasteiger partial charge in [0.15, 0.2) is 0 Å². The smallest absolute Gasteiger partial charge is 0.276 e. The van der Waals surface area contributed by atoms with Gasteiger partial charge >= 0.3 is 0 Å². The van der Waals surface area contributed by atoms with Gasteiger partial charge in [0.05, 0.1) is 18.1 Å². The Kier molecular flexibility index (Phi) is 7.57. The summed E-state index contributed by atoms with van der Waals surface area (Å²) in [5.41, 5.74) is 0.573. The first-order chi connectivity index (χ1) is 15.0. The molecule has 31 heavy (non-hydrogen) atoms. The lowest BCUT2D eigenvalue weighted by molar-refractivity contribution is 0.0730. The Morgan fingerprint density at radius 2 is 1.74 bits per heavy atom. The molecule has 1 aliphatic rings. The first-order valence-electron chi connectivity index (χ1n) is 9.55. The van der Waals surface area contributed by atoms with Crippen molar-refractivity contribution in [3.05, 3.63) is 53.6 Å². The number of sulfonamides is 1. The van der Waals surface area contributed by atoms with E-state index < -0.39 is 10.0 Å². The summed E-state index contributed by atoms with van der Waals surface area (Å²) in [5.74, 6) is 1.96. The Labute approximate surface area is 194 Å². The monoisotopic (exact) mass is 497 g/mol. The molecule has 11 heteroatoms. The maximum Gasteiger partial charge on any atom is 0.276 e. The fraction of sp³-hybridized carbons (Fsp3) is 0.300. The van der Waals surface area contributed by atoms with Crippen LogP contribution in [-0.2, 0) is 14.8 Å². The summed E-state index contributed by atoms with van der Waals surface area (Å²) in [4.78, 5) is 1.35. The Morgan fingerprint density at radius 1 is 1.00 bits per heavy atom. The molecule has 164 valence electrons. The average Bonchev–Trinajstić information content (AvgIpc) is 3.28. The number of nitrogens with zero attached hydrogens (tertiary/aromatic N) is 3. The summed E-state index contributed by atoms with van der Waals surface area (Å²) in [6.07, 6.45) is 0. The van der Waals surface area contributed by atoms with Crippen molar-refractivity contribution in [1.29, 1.82) is 0 Å². The number of thioether (sulfide) groups is 2. The quantitative estimate of drug-likeness (QED) is 0.336. The van der Waals surface area contributed by atoms with Crippen LogP contribution in [-0.4, -0.2) is 60.7 Å². The lowest BCUT2D eigenvalue weighted by atomic mass is 10.2. The second-order valence-electron chi connectivity index (χ2n) is 6.57. The van der Waals surface area contributed by atoms with E-state index in [-0.39, 0.29) is 4.90 Å². The Morgan fingerprint density at radius 3 is 2.52 bits per heavy atom. The van der Waals surface area contributed by atoms with Crippen LogP contribution in [0.2, 0.25) is 5.02 Å². The molecule has 4 rings (SSSR count). The van der Waals surface area contributed by atoms with Gasteiger partial charge in [-0.1, -0.05) is 29.4 Å². The van der Waals surface area contributed by atoms with Crippen molar-refractivity contribution in [3.8, 4) is 11.5 Å². The van der Waals surface area contributed by atoms with Crippen LogP contribution in [0, 0.1) is 0 Å². The highest BCUT2D eigenvalue weighted by atomic mass is 35.5. The van der Waals surface area contributed by atoms with Gasteiger partial charge in [-0.25, -0.2) is 8.42 Å². The predicted molar refractivity (Wildman–Crippen MR) is 122 cm³/mol. The molecule has 2 heterocycles. The van der Waals surface area contributed by atoms with Crippen LogP contribution in [0.25, 0.3) is 11.5 Å². The second-order valence-corrected chi connectivity index (χ2v) is 11.2. The van der Waals surface area contributed by atoms with Gasteiger partial charge in [0, 0.05) is 40.1 Å². The van der Waals surface area contributed by atoms with E-state index in [0.717, 1.165) is 21.4 Å². The zero-order valence-electron chi connectivity index (χ0n) is 16.4. The molecule has 0 bridgehead atoms. The summed E-state index contributed by atoms with van der Waals surface area (Å²) in [5, 5.41) is 9.33. The van der Waals surface area contributed by atoms with Crippen molar-refractivity contribution in [1.82, 2.24) is 14.5 Å². The van der Waals surface area contributed by atoms with Crippen LogP contribution in [0.15, 0.2) is 68.0 Å². The van der Waals surface area contributed by atoms with Crippen molar-refractivity contribution < 1.29 is 17.6 Å². The zero-order chi connectivity index (χ0) is 21.7. The molecule has 1 aromatic heterocycles. The third-order valence-corrected chi connectivity index (χ3v) is 8.73. The van der Waals surface area contributed by atoms with E-state index in [9.17, 15) is 8.42 Å². The Hall–Kier alpha value is -1.56. The van der Waals surface area contributed by atoms with Crippen LogP contribution < -0.4 is 0 Å². The topological polar surface area (TPSA) is 85.5 Å². The molecule has 0 N–H and O–H groups in total. The van der Waals surface area contributed by atoms with Gasteiger partial charge < -0.3 is 9.15 Å². The van der Waals surface area contributed by atoms with Crippen LogP contribution in [0.5, 0.6) is 0 Å². The van der Waals surface area contributed by atoms with Gasteiger partial charge in [-0.15, -0.1) is 22.0 Å². The van der Waals surface area contributed by atoms with E-state index in [0.29, 0.717) is 43.0 Å². The number of ether oxygens (including phenoxy) is 1. The van der Waals surface area contributed by atoms with Gasteiger partial charge in [-0.3, -0.25) is 0 Å². The highest BCUT2D eigenvalue weighted by Gasteiger charge is 2.26. The third-order valence-electron chi connectivity index (χ3n) is 4.49. The molecular formula is C20H20ClN3O4S3. The standard InChI is InChI=1S/C20H20ClN3O4S3/c21-16-4-6-17(7-5-16)29-12-13-30-20-23-22-19(28-20)15-2-1-3-18(14-15)31(25,26)24-8-10-27-11-9-24/h1-7,14H,8-13H2. The highest BCUT2D eigenvalue weighted by Crippen LogP contribution is 2.28. The molecule has 1 aliphatic heterocycles. The number of morpholine rings is 1. The van der Waals surface area contributed by atoms with Crippen LogP contribution in [0.3, 0.4) is 0 Å². The predicted octanol–water partition coefficient (Wildman–Crippen LogP) is 4.30. The number of benzene rings is 2. The van der Waals surface area contributed by atoms with Gasteiger partial charge in [-0.05, 0) is 42.5 Å². The first-order valence-corrected chi connectivity index (χ1v) is 13.3. The molecule has 1 fully saturated rings. The molecule has 2 aromatic carbocycles. The van der Waals surface area contributed by atoms with E-state index in [4.69, 9.17) is 20.8 Å². The average molecular weight is 498 g/mol. The normalized spacial score (nSPS) is 15.3. The largest absolute Gasteiger partial charge is 0.411 e. The number of aromatic nitrogens is 2. The molecule has 1 saturated heterocycles. The SMILES string of the molecule is O=S(=O)(c1cccc(-c2nnc(SCCSc3ccc(Cl)cc3)o2)c1)N1CCOCC1. The highest BCUT2D eigenvalue weighted by molar-refractivity contribution is 8.02. The number of hydrogen-bond donors (Lipinski definition) is 0. The molecule has 7 nitrogen and oxygen atoms in total. The summed E-state index contributed by atoms with van der Waals surface area (Å²) < 4.78 is 38.2. The minimum atomic E-state index is -3.59. The van der Waals surface area contributed by atoms with Crippen LogP contribution in [0.4, 0.5) is 0 Å². The molecule has 0 spiro atoms. The van der Waals surface area contributed by atoms with Gasteiger partial charge in [0.1, 0.15) is 0 Å². The van der Waals surface area contributed by atoms with Crippen molar-refractivity contribution in [2.45, 2.75) is 15.0 Å². The van der Waals surface area contributed by atoms with Gasteiger partial charge in [-0.2, -0.15) is 4.31 Å². The molecule has 0 unspecified atom stereocenters. The van der Waals surface area contributed by atoms with Crippen molar-refractivity contribution >= 4 is 45.1 Å². The molecule has 0 saturated carbocycles. The molecule has 0 radical (unpaired) electrons. The summed E-state index contributed by atoms with van der Waals surface area (Å²) in [7, 11) is -3.59. The van der Waals surface area contributed by atoms with E-state index >= 15 is 0 Å². The summed E-state index contributed by atoms with van der Waals surface area (Å²) in [6.45, 7) is 1.50. The van der Waals surface area contributed by atoms with Crippen molar-refractivity contribution in [2.24, 2.45) is 0 Å². The van der Waals surface area contributed by atoms with E-state index in [1.54, 1.807) is 36.0 Å². The molecule has 0 aliphatic carbocycles. The fourth-order valence-electron chi connectivity index (χ4n) is 2.93. The van der Waals surface area contributed by atoms with Crippen molar-refractivity contribution in [3.63, 3.8) is 0 Å². The summed E-state index contributed by atoms with van der Waals surface area (Å²) in [6, 6.07) is 14.3. The third kappa shape index (κ3) is 5.82. The molecule has 0 amide bonds. The molecular weight excluding hydrogens is 478 g/mol. The minimum absolute atomic E-state index is 0.207. The fourth-order valence-corrected chi connectivity index (χ4v) is 6.15. The maximum absolute atomic E-state index is 12.9. The second kappa shape index (κ2) is 10.4. The number of halogens is 1. The van der Waals surface area contributed by atoms with Crippen molar-refractivity contribution in [2.75, 3.05) is 37.8 Å². The first kappa shape index (κ1) is 22.6. The van der Waals surface area contributed by atoms with Crippen LogP contribution in [0.1, 0.15) is 0 Å². The Bertz CT molecular complexity index is 1120. The lowest BCUT2D eigenvalue weighted by Crippen LogP contribution is -2.40. The Balaban J connectivity index is 1.37. The van der Waals surface area contributed by atoms with E-state index in [1.165, 1.54) is 16.1 Å². The van der Waals surface area contributed by atoms with Gasteiger partial charge in [0.25, 0.3) is 5.22 Å². The zero-order valence-corrected chi connectivity index (χ0v) is 19.6. The maximum atomic E-state index is 12.9.